The van der Waals surface area contributed by atoms with E-state index in [4.69, 9.17) is 4.52 Å². The van der Waals surface area contributed by atoms with E-state index in [1.807, 2.05) is 19.1 Å². The number of aryl methyl sites for hydroxylation is 1. The molecular formula is C17H21ClN4O2. The number of halogens is 1. The molecule has 3 rings (SSSR count). The predicted molar refractivity (Wildman–Crippen MR) is 93.3 cm³/mol. The van der Waals surface area contributed by atoms with Gasteiger partial charge in [0.1, 0.15) is 11.6 Å². The van der Waals surface area contributed by atoms with Crippen molar-refractivity contribution in [3.63, 3.8) is 0 Å². The highest BCUT2D eigenvalue weighted by molar-refractivity contribution is 5.85. The molecule has 0 aromatic carbocycles. The molecule has 128 valence electrons. The van der Waals surface area contributed by atoms with Gasteiger partial charge in [-0.15, -0.1) is 12.4 Å². The minimum Gasteiger partial charge on any atom is -0.356 e. The van der Waals surface area contributed by atoms with E-state index in [-0.39, 0.29) is 29.4 Å². The highest BCUT2D eigenvalue weighted by Gasteiger charge is 2.28. The van der Waals surface area contributed by atoms with E-state index in [1.54, 1.807) is 0 Å². The molecule has 2 N–H and O–H groups in total. The number of rotatable bonds is 4. The average Bonchev–Trinajstić information content (AvgIpc) is 3.03. The summed E-state index contributed by atoms with van der Waals surface area (Å²) in [5.41, 5.74) is 3.03. The summed E-state index contributed by atoms with van der Waals surface area (Å²) in [5.74, 6) is 0.746. The van der Waals surface area contributed by atoms with Gasteiger partial charge in [-0.3, -0.25) is 4.79 Å². The van der Waals surface area contributed by atoms with Crippen molar-refractivity contribution in [1.82, 2.24) is 15.5 Å². The van der Waals surface area contributed by atoms with Crippen molar-refractivity contribution >= 4 is 12.4 Å². The van der Waals surface area contributed by atoms with Crippen LogP contribution in [0.25, 0.3) is 11.3 Å². The zero-order valence-electron chi connectivity index (χ0n) is 13.8. The summed E-state index contributed by atoms with van der Waals surface area (Å²) in [7, 11) is 0. The Balaban J connectivity index is 0.00000208. The lowest BCUT2D eigenvalue weighted by molar-refractivity contribution is 0.422. The molecule has 1 aliphatic heterocycles. The maximum atomic E-state index is 12.4. The summed E-state index contributed by atoms with van der Waals surface area (Å²) in [5, 5.41) is 16.8. The van der Waals surface area contributed by atoms with Crippen molar-refractivity contribution in [1.29, 1.82) is 5.26 Å². The average molecular weight is 349 g/mol. The Morgan fingerprint density at radius 2 is 2.25 bits per heavy atom. The van der Waals surface area contributed by atoms with Gasteiger partial charge in [0.15, 0.2) is 5.76 Å². The molecule has 7 heteroatoms. The normalized spacial score (nSPS) is 16.1. The summed E-state index contributed by atoms with van der Waals surface area (Å²) in [6, 6.07) is 3.85. The fourth-order valence-electron chi connectivity index (χ4n) is 3.23. The Hall–Kier alpha value is -2.10. The first-order valence-electron chi connectivity index (χ1n) is 8.05. The third-order valence-electron chi connectivity index (χ3n) is 4.37. The number of pyridine rings is 1. The molecule has 3 heterocycles. The van der Waals surface area contributed by atoms with Crippen LogP contribution in [0.3, 0.4) is 0 Å². The number of aromatic nitrogens is 2. The Bertz CT molecular complexity index is 819. The van der Waals surface area contributed by atoms with Gasteiger partial charge in [0.25, 0.3) is 5.56 Å². The van der Waals surface area contributed by atoms with E-state index in [1.165, 1.54) is 0 Å². The van der Waals surface area contributed by atoms with Gasteiger partial charge >= 0.3 is 0 Å². The smallest absolute Gasteiger partial charge is 0.266 e. The first-order valence-corrected chi connectivity index (χ1v) is 8.05. The van der Waals surface area contributed by atoms with Crippen LogP contribution in [0.5, 0.6) is 0 Å². The largest absolute Gasteiger partial charge is 0.356 e. The van der Waals surface area contributed by atoms with E-state index >= 15 is 0 Å². The van der Waals surface area contributed by atoms with Gasteiger partial charge in [0, 0.05) is 36.3 Å². The van der Waals surface area contributed by atoms with Gasteiger partial charge in [-0.25, -0.2) is 0 Å². The summed E-state index contributed by atoms with van der Waals surface area (Å²) >= 11 is 0. The van der Waals surface area contributed by atoms with Gasteiger partial charge in [-0.05, 0) is 18.4 Å². The first kappa shape index (κ1) is 18.2. The van der Waals surface area contributed by atoms with Crippen molar-refractivity contribution in [2.45, 2.75) is 45.6 Å². The van der Waals surface area contributed by atoms with Crippen LogP contribution in [0.15, 0.2) is 15.4 Å². The molecule has 0 aliphatic carbocycles. The Labute approximate surface area is 146 Å². The van der Waals surface area contributed by atoms with Crippen LogP contribution in [0.4, 0.5) is 0 Å². The number of hydrogen-bond acceptors (Lipinski definition) is 5. The molecule has 0 fully saturated rings. The van der Waals surface area contributed by atoms with Crippen LogP contribution < -0.4 is 10.9 Å². The van der Waals surface area contributed by atoms with E-state index < -0.39 is 0 Å². The van der Waals surface area contributed by atoms with Crippen LogP contribution in [0, 0.1) is 11.3 Å². The molecule has 0 saturated heterocycles. The number of nitrogens with zero attached hydrogens (tertiary/aromatic N) is 2. The third-order valence-corrected chi connectivity index (χ3v) is 4.37. The molecule has 1 aliphatic rings. The lowest BCUT2D eigenvalue weighted by atomic mass is 9.87. The molecule has 6 nitrogen and oxygen atoms in total. The Morgan fingerprint density at radius 3 is 2.88 bits per heavy atom. The molecular weight excluding hydrogens is 328 g/mol. The van der Waals surface area contributed by atoms with Gasteiger partial charge in [0.2, 0.25) is 0 Å². The minimum atomic E-state index is -0.348. The van der Waals surface area contributed by atoms with Gasteiger partial charge in [-0.1, -0.05) is 25.4 Å². The molecule has 2 aromatic rings. The van der Waals surface area contributed by atoms with E-state index in [0.29, 0.717) is 17.9 Å². The van der Waals surface area contributed by atoms with Crippen molar-refractivity contribution in [3.05, 3.63) is 38.9 Å². The second-order valence-electron chi connectivity index (χ2n) is 5.86. The molecule has 1 atom stereocenters. The topological polar surface area (TPSA) is 94.7 Å². The second kappa shape index (κ2) is 7.65. The molecule has 0 bridgehead atoms. The van der Waals surface area contributed by atoms with Crippen molar-refractivity contribution in [2.75, 3.05) is 6.54 Å². The van der Waals surface area contributed by atoms with E-state index in [9.17, 15) is 10.1 Å². The predicted octanol–water partition coefficient (Wildman–Crippen LogP) is 2.87. The number of H-pyrrole nitrogens is 1. The molecule has 0 amide bonds. The summed E-state index contributed by atoms with van der Waals surface area (Å²) < 4.78 is 5.42. The molecule has 24 heavy (non-hydrogen) atoms. The standard InChI is InChI=1S/C17H20N4O2.ClH/c1-3-5-10-8-19-9-13-15(14-6-11(4-2)21-23-14)12(7-18)17(22)20-16(10)13;/h6,10,19H,3-5,8-9H2,1-2H3,(H,20,22);1H. The van der Waals surface area contributed by atoms with Crippen LogP contribution >= 0.6 is 12.4 Å². The maximum absolute atomic E-state index is 12.4. The monoisotopic (exact) mass is 348 g/mol. The molecule has 0 radical (unpaired) electrons. The first-order chi connectivity index (χ1) is 11.2. The minimum absolute atomic E-state index is 0. The lowest BCUT2D eigenvalue weighted by Crippen LogP contribution is -2.32. The maximum Gasteiger partial charge on any atom is 0.266 e. The lowest BCUT2D eigenvalue weighted by Gasteiger charge is -2.27. The summed E-state index contributed by atoms with van der Waals surface area (Å²) in [6.07, 6.45) is 2.76. The third kappa shape index (κ3) is 3.10. The number of nitrogens with one attached hydrogen (secondary N) is 2. The van der Waals surface area contributed by atoms with Gasteiger partial charge in [0.05, 0.1) is 5.69 Å². The van der Waals surface area contributed by atoms with Crippen molar-refractivity contribution in [2.24, 2.45) is 0 Å². The van der Waals surface area contributed by atoms with Crippen molar-refractivity contribution in [3.8, 4) is 17.4 Å². The fourth-order valence-corrected chi connectivity index (χ4v) is 3.23. The number of fused-ring (bicyclic) bond motifs is 1. The molecule has 1 unspecified atom stereocenters. The quantitative estimate of drug-likeness (QED) is 0.885. The van der Waals surface area contributed by atoms with E-state index in [0.717, 1.165) is 42.8 Å². The molecule has 0 saturated carbocycles. The van der Waals surface area contributed by atoms with Crippen molar-refractivity contribution < 1.29 is 4.52 Å². The van der Waals surface area contributed by atoms with Crippen LogP contribution in [0.1, 0.15) is 55.1 Å². The van der Waals surface area contributed by atoms with Gasteiger partial charge < -0.3 is 14.8 Å². The fraction of sp³-hybridized carbons (Fsp3) is 0.471. The van der Waals surface area contributed by atoms with Gasteiger partial charge in [-0.2, -0.15) is 5.26 Å². The highest BCUT2D eigenvalue weighted by atomic mass is 35.5. The zero-order valence-corrected chi connectivity index (χ0v) is 14.6. The van der Waals surface area contributed by atoms with Crippen LogP contribution in [0.2, 0.25) is 0 Å². The van der Waals surface area contributed by atoms with Crippen LogP contribution in [-0.4, -0.2) is 16.7 Å². The SMILES string of the molecule is CCCC1CNCc2c1[nH]c(=O)c(C#N)c2-c1cc(CC)no1.Cl. The summed E-state index contributed by atoms with van der Waals surface area (Å²) in [6.45, 7) is 5.55. The zero-order chi connectivity index (χ0) is 16.4. The number of nitriles is 1. The van der Waals surface area contributed by atoms with E-state index in [2.05, 4.69) is 22.4 Å². The second-order valence-corrected chi connectivity index (χ2v) is 5.86. The van der Waals surface area contributed by atoms with Crippen LogP contribution in [-0.2, 0) is 13.0 Å². The number of aromatic amines is 1. The summed E-state index contributed by atoms with van der Waals surface area (Å²) in [4.78, 5) is 15.3. The Morgan fingerprint density at radius 1 is 1.46 bits per heavy atom. The highest BCUT2D eigenvalue weighted by Crippen LogP contribution is 2.34. The molecule has 0 spiro atoms. The Kier molecular flexibility index (Phi) is 5.81. The number of hydrogen-bond donors (Lipinski definition) is 2. The molecule has 2 aromatic heterocycles.